The molecule has 0 amide bonds. The second-order valence-corrected chi connectivity index (χ2v) is 6.17. The molecule has 2 atom stereocenters. The van der Waals surface area contributed by atoms with Crippen molar-refractivity contribution in [2.75, 3.05) is 6.61 Å². The number of halogens is 1. The average molecular weight is 340 g/mol. The van der Waals surface area contributed by atoms with Crippen LogP contribution in [0.4, 0.5) is 0 Å². The van der Waals surface area contributed by atoms with Crippen molar-refractivity contribution in [2.45, 2.75) is 45.3 Å². The highest BCUT2D eigenvalue weighted by atomic mass is 79.9. The summed E-state index contributed by atoms with van der Waals surface area (Å²) in [5.74, 6) is 0. The van der Waals surface area contributed by atoms with Crippen LogP contribution in [0.5, 0.6) is 0 Å². The van der Waals surface area contributed by atoms with Gasteiger partial charge in [-0.3, -0.25) is 4.99 Å². The van der Waals surface area contributed by atoms with E-state index in [0.29, 0.717) is 6.04 Å². The number of aliphatic hydroxyl groups excluding tert-OH is 1. The summed E-state index contributed by atoms with van der Waals surface area (Å²) >= 11 is 3.40. The molecule has 2 rings (SSSR count). The zero-order valence-corrected chi connectivity index (χ0v) is 13.6. The van der Waals surface area contributed by atoms with E-state index in [1.54, 1.807) is 0 Å². The van der Waals surface area contributed by atoms with Crippen LogP contribution in [0.3, 0.4) is 0 Å². The van der Waals surface area contributed by atoms with Crippen LogP contribution < -0.4 is 5.32 Å². The lowest BCUT2D eigenvalue weighted by Gasteiger charge is -2.33. The van der Waals surface area contributed by atoms with Crippen molar-refractivity contribution < 1.29 is 5.11 Å². The monoisotopic (exact) mass is 339 g/mol. The predicted molar refractivity (Wildman–Crippen MR) is 86.5 cm³/mol. The quantitative estimate of drug-likeness (QED) is 0.809. The second-order valence-electron chi connectivity index (χ2n) is 5.25. The lowest BCUT2D eigenvalue weighted by atomic mass is 10.0. The van der Waals surface area contributed by atoms with E-state index in [1.165, 1.54) is 11.1 Å². The Kier molecular flexibility index (Phi) is 5.43. The third kappa shape index (κ3) is 3.73. The zero-order valence-electron chi connectivity index (χ0n) is 12.0. The molecule has 0 aromatic heterocycles. The van der Waals surface area contributed by atoms with Gasteiger partial charge in [0.1, 0.15) is 6.17 Å². The van der Waals surface area contributed by atoms with Gasteiger partial charge < -0.3 is 15.3 Å². The Labute approximate surface area is 129 Å². The number of nitrogens with zero attached hydrogens (tertiary/aromatic N) is 2. The maximum Gasteiger partial charge on any atom is 0.142 e. The molecule has 0 aromatic rings. The highest BCUT2D eigenvalue weighted by Crippen LogP contribution is 2.26. The van der Waals surface area contributed by atoms with Crippen LogP contribution >= 0.6 is 15.9 Å². The van der Waals surface area contributed by atoms with E-state index < -0.39 is 0 Å². The molecule has 0 fully saturated rings. The molecule has 4 nitrogen and oxygen atoms in total. The molecular weight excluding hydrogens is 318 g/mol. The van der Waals surface area contributed by atoms with Crippen molar-refractivity contribution in [2.24, 2.45) is 4.99 Å². The summed E-state index contributed by atoms with van der Waals surface area (Å²) in [4.78, 5) is 6.74. The summed E-state index contributed by atoms with van der Waals surface area (Å²) in [6, 6.07) is 0.347. The average Bonchev–Trinajstić information content (AvgIpc) is 2.44. The Morgan fingerprint density at radius 3 is 2.95 bits per heavy atom. The Hall–Kier alpha value is -1.07. The Morgan fingerprint density at radius 2 is 2.35 bits per heavy atom. The van der Waals surface area contributed by atoms with Gasteiger partial charge in [-0.2, -0.15) is 0 Å². The molecule has 5 heteroatoms. The SMILES string of the molecule is CCC(CCO)N1C=C(C)CC(C2N=CC(Br)=CN2)=C1. The van der Waals surface area contributed by atoms with Crippen molar-refractivity contribution in [3.63, 3.8) is 0 Å². The normalized spacial score (nSPS) is 23.7. The van der Waals surface area contributed by atoms with Crippen molar-refractivity contribution in [1.29, 1.82) is 0 Å². The fourth-order valence-corrected chi connectivity index (χ4v) is 2.83. The van der Waals surface area contributed by atoms with E-state index >= 15 is 0 Å². The van der Waals surface area contributed by atoms with Gasteiger partial charge in [0.15, 0.2) is 0 Å². The minimum absolute atomic E-state index is 0.00841. The summed E-state index contributed by atoms with van der Waals surface area (Å²) in [5.41, 5.74) is 2.58. The number of rotatable bonds is 5. The largest absolute Gasteiger partial charge is 0.396 e. The first-order valence-electron chi connectivity index (χ1n) is 7.05. The smallest absolute Gasteiger partial charge is 0.142 e. The van der Waals surface area contributed by atoms with E-state index in [-0.39, 0.29) is 12.8 Å². The molecular formula is C15H22BrN3O. The van der Waals surface area contributed by atoms with Crippen molar-refractivity contribution in [3.8, 4) is 0 Å². The number of allylic oxidation sites excluding steroid dienone is 2. The molecule has 2 heterocycles. The van der Waals surface area contributed by atoms with E-state index in [0.717, 1.165) is 23.7 Å². The third-order valence-electron chi connectivity index (χ3n) is 3.60. The van der Waals surface area contributed by atoms with E-state index in [9.17, 15) is 5.11 Å². The topological polar surface area (TPSA) is 47.9 Å². The van der Waals surface area contributed by atoms with Gasteiger partial charge in [-0.1, -0.05) is 12.5 Å². The molecule has 0 radical (unpaired) electrons. The molecule has 0 saturated heterocycles. The van der Waals surface area contributed by atoms with Gasteiger partial charge in [-0.15, -0.1) is 0 Å². The van der Waals surface area contributed by atoms with Gasteiger partial charge >= 0.3 is 0 Å². The molecule has 2 aliphatic heterocycles. The standard InChI is InChI=1S/C15H22BrN3O/c1-3-14(4-5-20)19-9-11(2)6-12(10-19)15-17-7-13(16)8-18-15/h7-10,14-15,17,20H,3-6H2,1-2H3. The van der Waals surface area contributed by atoms with Crippen molar-refractivity contribution >= 4 is 22.1 Å². The molecule has 0 aromatic carbocycles. The first-order chi connectivity index (χ1) is 9.63. The Balaban J connectivity index is 2.14. The lowest BCUT2D eigenvalue weighted by Crippen LogP contribution is -2.34. The second kappa shape index (κ2) is 7.09. The van der Waals surface area contributed by atoms with Gasteiger partial charge in [-0.25, -0.2) is 0 Å². The molecule has 0 saturated carbocycles. The van der Waals surface area contributed by atoms with Gasteiger partial charge in [0.2, 0.25) is 0 Å². The minimum atomic E-state index is 0.00841. The Bertz CT molecular complexity index is 468. The number of hydrogen-bond acceptors (Lipinski definition) is 4. The van der Waals surface area contributed by atoms with Gasteiger partial charge in [0.25, 0.3) is 0 Å². The molecule has 2 N–H and O–H groups in total. The van der Waals surface area contributed by atoms with Crippen LogP contribution in [0.1, 0.15) is 33.1 Å². The third-order valence-corrected chi connectivity index (χ3v) is 4.03. The van der Waals surface area contributed by atoms with Crippen molar-refractivity contribution in [1.82, 2.24) is 10.2 Å². The van der Waals surface area contributed by atoms with Gasteiger partial charge in [0, 0.05) is 37.5 Å². The number of hydrogen-bond donors (Lipinski definition) is 2. The summed E-state index contributed by atoms with van der Waals surface area (Å²) in [6.07, 6.45) is 10.9. The van der Waals surface area contributed by atoms with E-state index in [1.807, 2.05) is 12.4 Å². The molecule has 110 valence electrons. The van der Waals surface area contributed by atoms with Crippen LogP contribution in [0, 0.1) is 0 Å². The lowest BCUT2D eigenvalue weighted by molar-refractivity contribution is 0.227. The predicted octanol–water partition coefficient (Wildman–Crippen LogP) is 2.88. The van der Waals surface area contributed by atoms with E-state index in [2.05, 4.69) is 57.4 Å². The Morgan fingerprint density at radius 1 is 1.55 bits per heavy atom. The van der Waals surface area contributed by atoms with Gasteiger partial charge in [0.05, 0.1) is 4.48 Å². The summed E-state index contributed by atoms with van der Waals surface area (Å²) in [6.45, 7) is 4.52. The summed E-state index contributed by atoms with van der Waals surface area (Å²) in [5, 5.41) is 12.5. The molecule has 20 heavy (non-hydrogen) atoms. The molecule has 0 spiro atoms. The van der Waals surface area contributed by atoms with Crippen LogP contribution in [0.15, 0.2) is 39.2 Å². The molecule has 0 bridgehead atoms. The first-order valence-corrected chi connectivity index (χ1v) is 7.84. The number of aliphatic hydroxyl groups is 1. The van der Waals surface area contributed by atoms with Crippen LogP contribution in [-0.2, 0) is 0 Å². The van der Waals surface area contributed by atoms with Crippen LogP contribution in [-0.4, -0.2) is 35.0 Å². The number of aliphatic imine (C=N–C) groups is 1. The first kappa shape index (κ1) is 15.3. The fourth-order valence-electron chi connectivity index (χ4n) is 2.57. The molecule has 2 aliphatic rings. The molecule has 2 unspecified atom stereocenters. The van der Waals surface area contributed by atoms with Crippen molar-refractivity contribution in [3.05, 3.63) is 34.2 Å². The zero-order chi connectivity index (χ0) is 14.5. The fraction of sp³-hybridized carbons (Fsp3) is 0.533. The van der Waals surface area contributed by atoms with Crippen LogP contribution in [0.2, 0.25) is 0 Å². The van der Waals surface area contributed by atoms with Crippen LogP contribution in [0.25, 0.3) is 0 Å². The maximum absolute atomic E-state index is 9.19. The summed E-state index contributed by atoms with van der Waals surface area (Å²) in [7, 11) is 0. The molecule has 0 aliphatic carbocycles. The number of nitrogens with one attached hydrogen (secondary N) is 1. The maximum atomic E-state index is 9.19. The summed E-state index contributed by atoms with van der Waals surface area (Å²) < 4.78 is 0.959. The highest BCUT2D eigenvalue weighted by Gasteiger charge is 2.21. The van der Waals surface area contributed by atoms with E-state index in [4.69, 9.17) is 0 Å². The highest BCUT2D eigenvalue weighted by molar-refractivity contribution is 9.12. The minimum Gasteiger partial charge on any atom is -0.396 e. The van der Waals surface area contributed by atoms with Gasteiger partial charge in [-0.05, 0) is 47.7 Å².